The summed E-state index contributed by atoms with van der Waals surface area (Å²) in [6.45, 7) is 0. The van der Waals surface area contributed by atoms with E-state index in [2.05, 4.69) is 31.9 Å². The number of thiophene rings is 1. The van der Waals surface area contributed by atoms with Gasteiger partial charge in [0.05, 0.1) is 0 Å². The van der Waals surface area contributed by atoms with Crippen LogP contribution in [-0.4, -0.2) is 0 Å². The first kappa shape index (κ1) is 13.2. The second-order valence-electron chi connectivity index (χ2n) is 3.71. The topological polar surface area (TPSA) is 26.0 Å². The smallest absolute Gasteiger partial charge is 0.123 e. The molecule has 0 fully saturated rings. The van der Waals surface area contributed by atoms with Crippen molar-refractivity contribution in [2.45, 2.75) is 12.5 Å². The highest BCUT2D eigenvalue weighted by molar-refractivity contribution is 9.10. The Morgan fingerprint density at radius 1 is 1.29 bits per heavy atom. The Morgan fingerprint density at radius 3 is 2.71 bits per heavy atom. The minimum Gasteiger partial charge on any atom is -0.324 e. The average molecular weight is 379 g/mol. The van der Waals surface area contributed by atoms with Crippen molar-refractivity contribution in [2.75, 3.05) is 0 Å². The Kier molecular flexibility index (Phi) is 4.36. The van der Waals surface area contributed by atoms with Crippen molar-refractivity contribution in [3.63, 3.8) is 0 Å². The van der Waals surface area contributed by atoms with Gasteiger partial charge in [-0.1, -0.05) is 15.9 Å². The maximum Gasteiger partial charge on any atom is 0.123 e. The van der Waals surface area contributed by atoms with Gasteiger partial charge in [-0.3, -0.25) is 0 Å². The number of rotatable bonds is 3. The Hall–Kier alpha value is -0.230. The molecule has 0 aliphatic carbocycles. The fourth-order valence-electron chi connectivity index (χ4n) is 1.59. The molecule has 90 valence electrons. The molecule has 5 heteroatoms. The summed E-state index contributed by atoms with van der Waals surface area (Å²) in [5.41, 5.74) is 6.90. The third-order valence-corrected chi connectivity index (χ3v) is 4.84. The van der Waals surface area contributed by atoms with Crippen LogP contribution in [0, 0.1) is 5.82 Å². The van der Waals surface area contributed by atoms with Gasteiger partial charge in [-0.2, -0.15) is 0 Å². The molecule has 2 N–H and O–H groups in total. The lowest BCUT2D eigenvalue weighted by Crippen LogP contribution is -2.13. The van der Waals surface area contributed by atoms with Crippen LogP contribution in [0.4, 0.5) is 4.39 Å². The van der Waals surface area contributed by atoms with E-state index in [0.29, 0.717) is 6.42 Å². The predicted molar refractivity (Wildman–Crippen MR) is 76.8 cm³/mol. The first-order chi connectivity index (χ1) is 8.06. The van der Waals surface area contributed by atoms with Gasteiger partial charge in [0.25, 0.3) is 0 Å². The lowest BCUT2D eigenvalue weighted by Gasteiger charge is -2.13. The third-order valence-electron chi connectivity index (χ3n) is 2.40. The monoisotopic (exact) mass is 377 g/mol. The summed E-state index contributed by atoms with van der Waals surface area (Å²) in [6.07, 6.45) is 0.707. The Balaban J connectivity index is 2.19. The van der Waals surface area contributed by atoms with Gasteiger partial charge in [-0.05, 0) is 45.8 Å². The molecule has 0 aliphatic heterocycles. The number of halogens is 3. The fraction of sp³-hybridized carbons (Fsp3) is 0.167. The maximum absolute atomic E-state index is 13.2. The summed E-state index contributed by atoms with van der Waals surface area (Å²) in [6, 6.07) is 6.43. The zero-order valence-corrected chi connectivity index (χ0v) is 12.8. The van der Waals surface area contributed by atoms with Crippen LogP contribution < -0.4 is 5.73 Å². The Bertz CT molecular complexity index is 527. The number of hydrogen-bond acceptors (Lipinski definition) is 2. The molecule has 2 aromatic rings. The van der Waals surface area contributed by atoms with Gasteiger partial charge in [0.15, 0.2) is 0 Å². The van der Waals surface area contributed by atoms with E-state index in [1.54, 1.807) is 17.4 Å². The van der Waals surface area contributed by atoms with Gasteiger partial charge in [-0.15, -0.1) is 11.3 Å². The lowest BCUT2D eigenvalue weighted by atomic mass is 10.0. The van der Waals surface area contributed by atoms with Gasteiger partial charge in [0, 0.05) is 31.7 Å². The summed E-state index contributed by atoms with van der Waals surface area (Å²) in [4.78, 5) is 1.18. The number of hydrogen-bond donors (Lipinski definition) is 1. The van der Waals surface area contributed by atoms with Gasteiger partial charge in [0.2, 0.25) is 0 Å². The van der Waals surface area contributed by atoms with Crippen LogP contribution in [0.25, 0.3) is 0 Å². The molecule has 1 nitrogen and oxygen atoms in total. The minimum absolute atomic E-state index is 0.203. The highest BCUT2D eigenvalue weighted by Gasteiger charge is 2.12. The molecule has 1 unspecified atom stereocenters. The molecule has 17 heavy (non-hydrogen) atoms. The molecule has 0 saturated carbocycles. The molecule has 1 aromatic carbocycles. The molecule has 1 atom stereocenters. The highest BCUT2D eigenvalue weighted by atomic mass is 79.9. The van der Waals surface area contributed by atoms with Crippen LogP contribution in [0.1, 0.15) is 16.5 Å². The Morgan fingerprint density at radius 2 is 2.06 bits per heavy atom. The normalized spacial score (nSPS) is 12.7. The van der Waals surface area contributed by atoms with E-state index >= 15 is 0 Å². The minimum atomic E-state index is -0.258. The van der Waals surface area contributed by atoms with Crippen molar-refractivity contribution >= 4 is 43.2 Å². The zero-order valence-electron chi connectivity index (χ0n) is 8.79. The second kappa shape index (κ2) is 5.61. The van der Waals surface area contributed by atoms with Crippen molar-refractivity contribution in [2.24, 2.45) is 5.73 Å². The van der Waals surface area contributed by atoms with Crippen LogP contribution in [0.2, 0.25) is 0 Å². The number of benzene rings is 1. The average Bonchev–Trinajstić information content (AvgIpc) is 2.67. The van der Waals surface area contributed by atoms with Crippen molar-refractivity contribution in [3.05, 3.63) is 54.8 Å². The van der Waals surface area contributed by atoms with E-state index in [4.69, 9.17) is 5.73 Å². The summed E-state index contributed by atoms with van der Waals surface area (Å²) in [5.74, 6) is -0.258. The molecular formula is C12H10Br2FNS. The van der Waals surface area contributed by atoms with E-state index < -0.39 is 0 Å². The first-order valence-electron chi connectivity index (χ1n) is 4.99. The zero-order chi connectivity index (χ0) is 12.4. The van der Waals surface area contributed by atoms with Crippen LogP contribution >= 0.6 is 43.2 Å². The molecule has 0 saturated heterocycles. The molecule has 2 rings (SSSR count). The Labute approximate surface area is 120 Å². The van der Waals surface area contributed by atoms with Gasteiger partial charge in [0.1, 0.15) is 5.82 Å². The first-order valence-corrected chi connectivity index (χ1v) is 7.46. The molecule has 1 heterocycles. The van der Waals surface area contributed by atoms with E-state index in [0.717, 1.165) is 14.5 Å². The second-order valence-corrected chi connectivity index (χ2v) is 6.47. The summed E-state index contributed by atoms with van der Waals surface area (Å²) < 4.78 is 15.1. The van der Waals surface area contributed by atoms with Crippen LogP contribution in [0.5, 0.6) is 0 Å². The molecule has 0 radical (unpaired) electrons. The van der Waals surface area contributed by atoms with E-state index in [1.807, 2.05) is 11.4 Å². The van der Waals surface area contributed by atoms with Crippen molar-refractivity contribution in [1.29, 1.82) is 0 Å². The largest absolute Gasteiger partial charge is 0.324 e. The number of nitrogens with two attached hydrogens (primary N) is 1. The lowest BCUT2D eigenvalue weighted by molar-refractivity contribution is 0.618. The van der Waals surface area contributed by atoms with E-state index in [-0.39, 0.29) is 11.9 Å². The summed E-state index contributed by atoms with van der Waals surface area (Å²) in [5, 5.41) is 2.02. The molecule has 0 spiro atoms. The van der Waals surface area contributed by atoms with Crippen molar-refractivity contribution in [3.8, 4) is 0 Å². The third kappa shape index (κ3) is 3.37. The standard InChI is InChI=1S/C12H10Br2FNS/c13-7-3-9(17-6-7)5-12(16)10-4-8(15)1-2-11(10)14/h1-4,6,12H,5,16H2. The predicted octanol–water partition coefficient (Wildman–Crippen LogP) is 4.65. The molecule has 0 amide bonds. The van der Waals surface area contributed by atoms with Crippen molar-refractivity contribution in [1.82, 2.24) is 0 Å². The molecule has 0 aliphatic rings. The van der Waals surface area contributed by atoms with E-state index in [9.17, 15) is 4.39 Å². The van der Waals surface area contributed by atoms with Gasteiger partial charge < -0.3 is 5.73 Å². The highest BCUT2D eigenvalue weighted by Crippen LogP contribution is 2.28. The summed E-state index contributed by atoms with van der Waals surface area (Å²) in [7, 11) is 0. The van der Waals surface area contributed by atoms with Crippen LogP contribution in [0.3, 0.4) is 0 Å². The summed E-state index contributed by atoms with van der Waals surface area (Å²) >= 11 is 8.45. The van der Waals surface area contributed by atoms with Gasteiger partial charge in [-0.25, -0.2) is 4.39 Å². The van der Waals surface area contributed by atoms with Crippen molar-refractivity contribution < 1.29 is 4.39 Å². The molecular weight excluding hydrogens is 369 g/mol. The SMILES string of the molecule is NC(Cc1cc(Br)cs1)c1cc(F)ccc1Br. The fourth-order valence-corrected chi connectivity index (χ4v) is 3.64. The quantitative estimate of drug-likeness (QED) is 0.826. The van der Waals surface area contributed by atoms with Crippen LogP contribution in [-0.2, 0) is 6.42 Å². The van der Waals surface area contributed by atoms with Crippen LogP contribution in [0.15, 0.2) is 38.6 Å². The molecule has 0 bridgehead atoms. The maximum atomic E-state index is 13.2. The molecule has 1 aromatic heterocycles. The van der Waals surface area contributed by atoms with Gasteiger partial charge >= 0.3 is 0 Å². The van der Waals surface area contributed by atoms with E-state index in [1.165, 1.54) is 17.0 Å².